The molecule has 0 saturated carbocycles. The number of rotatable bonds is 4. The number of carbonyl (C=O) groups excluding carboxylic acids is 1. The van der Waals surface area contributed by atoms with Crippen molar-refractivity contribution in [2.75, 3.05) is 33.2 Å². The average Bonchev–Trinajstić information content (AvgIpc) is 2.19. The highest BCUT2D eigenvalue weighted by Gasteiger charge is 2.21. The molecule has 0 N–H and O–H groups in total. The summed E-state index contributed by atoms with van der Waals surface area (Å²) in [5.41, 5.74) is 0. The summed E-state index contributed by atoms with van der Waals surface area (Å²) >= 11 is 0. The van der Waals surface area contributed by atoms with Crippen molar-refractivity contribution in [2.45, 2.75) is 33.1 Å². The molecule has 1 unspecified atom stereocenters. The highest BCUT2D eigenvalue weighted by Crippen LogP contribution is 2.19. The van der Waals surface area contributed by atoms with Crippen LogP contribution in [0.2, 0.25) is 0 Å². The molecule has 1 amide bonds. The molecule has 0 aromatic heterocycles. The van der Waals surface area contributed by atoms with E-state index in [1.54, 1.807) is 0 Å². The predicted molar refractivity (Wildman–Crippen MR) is 62.8 cm³/mol. The van der Waals surface area contributed by atoms with Gasteiger partial charge in [-0.05, 0) is 46.2 Å². The second-order valence-electron chi connectivity index (χ2n) is 4.54. The quantitative estimate of drug-likeness (QED) is 0.706. The highest BCUT2D eigenvalue weighted by atomic mass is 16.2. The molecule has 1 heterocycles. The van der Waals surface area contributed by atoms with Gasteiger partial charge in [0.25, 0.3) is 0 Å². The van der Waals surface area contributed by atoms with Gasteiger partial charge >= 0.3 is 0 Å². The largest absolute Gasteiger partial charge is 0.343 e. The number of amides is 1. The van der Waals surface area contributed by atoms with Crippen molar-refractivity contribution in [1.82, 2.24) is 9.80 Å². The van der Waals surface area contributed by atoms with Gasteiger partial charge < -0.3 is 9.80 Å². The Labute approximate surface area is 93.4 Å². The van der Waals surface area contributed by atoms with E-state index in [1.165, 1.54) is 19.4 Å². The Bertz CT molecular complexity index is 202. The Morgan fingerprint density at radius 1 is 1.40 bits per heavy atom. The monoisotopic (exact) mass is 212 g/mol. The number of carbonyl (C=O) groups is 1. The summed E-state index contributed by atoms with van der Waals surface area (Å²) in [6.45, 7) is 8.07. The molecule has 1 atom stereocenters. The summed E-state index contributed by atoms with van der Waals surface area (Å²) in [5, 5.41) is 0. The Kier molecular flexibility index (Phi) is 5.09. The molecule has 88 valence electrons. The van der Waals surface area contributed by atoms with E-state index >= 15 is 0 Å². The van der Waals surface area contributed by atoms with Crippen LogP contribution in [-0.2, 0) is 4.79 Å². The summed E-state index contributed by atoms with van der Waals surface area (Å²) in [7, 11) is 2.15. The normalized spacial score (nSPS) is 22.7. The van der Waals surface area contributed by atoms with Gasteiger partial charge in [0.05, 0.1) is 0 Å². The standard InChI is InChI=1S/C12H24N2O/c1-4-14(5-2)12(15)9-11-7-6-8-13(3)10-11/h11H,4-10H2,1-3H3. The summed E-state index contributed by atoms with van der Waals surface area (Å²) < 4.78 is 0. The summed E-state index contributed by atoms with van der Waals surface area (Å²) in [5.74, 6) is 0.914. The van der Waals surface area contributed by atoms with Gasteiger partial charge in [0.2, 0.25) is 5.91 Å². The van der Waals surface area contributed by atoms with Gasteiger partial charge in [-0.25, -0.2) is 0 Å². The van der Waals surface area contributed by atoms with E-state index in [9.17, 15) is 4.79 Å². The Morgan fingerprint density at radius 3 is 2.60 bits per heavy atom. The molecule has 0 radical (unpaired) electrons. The Balaban J connectivity index is 2.36. The van der Waals surface area contributed by atoms with Crippen LogP contribution in [-0.4, -0.2) is 48.9 Å². The second-order valence-corrected chi connectivity index (χ2v) is 4.54. The first-order valence-electron chi connectivity index (χ1n) is 6.13. The van der Waals surface area contributed by atoms with E-state index in [1.807, 2.05) is 18.7 Å². The van der Waals surface area contributed by atoms with E-state index in [0.717, 1.165) is 26.1 Å². The third kappa shape index (κ3) is 3.82. The van der Waals surface area contributed by atoms with Crippen LogP contribution in [0.1, 0.15) is 33.1 Å². The molecular weight excluding hydrogens is 188 g/mol. The SMILES string of the molecule is CCN(CC)C(=O)CC1CCCN(C)C1. The van der Waals surface area contributed by atoms with E-state index < -0.39 is 0 Å². The number of nitrogens with zero attached hydrogens (tertiary/aromatic N) is 2. The van der Waals surface area contributed by atoms with Gasteiger partial charge in [-0.15, -0.1) is 0 Å². The number of hydrogen-bond donors (Lipinski definition) is 0. The van der Waals surface area contributed by atoms with E-state index in [-0.39, 0.29) is 0 Å². The van der Waals surface area contributed by atoms with E-state index in [2.05, 4.69) is 11.9 Å². The van der Waals surface area contributed by atoms with Crippen molar-refractivity contribution >= 4 is 5.91 Å². The van der Waals surface area contributed by atoms with Crippen LogP contribution in [0.3, 0.4) is 0 Å². The molecule has 15 heavy (non-hydrogen) atoms. The van der Waals surface area contributed by atoms with Crippen LogP contribution in [0.15, 0.2) is 0 Å². The maximum absolute atomic E-state index is 11.9. The maximum atomic E-state index is 11.9. The predicted octanol–water partition coefficient (Wildman–Crippen LogP) is 1.59. The van der Waals surface area contributed by atoms with Crippen LogP contribution in [0.25, 0.3) is 0 Å². The maximum Gasteiger partial charge on any atom is 0.222 e. The van der Waals surface area contributed by atoms with Gasteiger partial charge in [-0.1, -0.05) is 0 Å². The Morgan fingerprint density at radius 2 is 2.07 bits per heavy atom. The fourth-order valence-corrected chi connectivity index (χ4v) is 2.39. The van der Waals surface area contributed by atoms with E-state index in [4.69, 9.17) is 0 Å². The van der Waals surface area contributed by atoms with Gasteiger partial charge in [-0.2, -0.15) is 0 Å². The lowest BCUT2D eigenvalue weighted by Gasteiger charge is -2.30. The minimum atomic E-state index is 0.334. The van der Waals surface area contributed by atoms with Crippen molar-refractivity contribution in [3.63, 3.8) is 0 Å². The molecule has 0 spiro atoms. The third-order valence-electron chi connectivity index (χ3n) is 3.30. The number of piperidine rings is 1. The van der Waals surface area contributed by atoms with Crippen molar-refractivity contribution < 1.29 is 4.79 Å². The molecule has 0 bridgehead atoms. The minimum Gasteiger partial charge on any atom is -0.343 e. The van der Waals surface area contributed by atoms with Gasteiger partial charge in [0, 0.05) is 26.1 Å². The second kappa shape index (κ2) is 6.11. The first-order chi connectivity index (χ1) is 7.17. The minimum absolute atomic E-state index is 0.334. The first-order valence-corrected chi connectivity index (χ1v) is 6.13. The zero-order chi connectivity index (χ0) is 11.3. The van der Waals surface area contributed by atoms with Crippen molar-refractivity contribution in [2.24, 2.45) is 5.92 Å². The fourth-order valence-electron chi connectivity index (χ4n) is 2.39. The molecular formula is C12H24N2O. The lowest BCUT2D eigenvalue weighted by molar-refractivity contribution is -0.132. The molecule has 0 aromatic carbocycles. The van der Waals surface area contributed by atoms with Crippen molar-refractivity contribution in [3.8, 4) is 0 Å². The zero-order valence-electron chi connectivity index (χ0n) is 10.3. The molecule has 3 nitrogen and oxygen atoms in total. The first kappa shape index (κ1) is 12.5. The van der Waals surface area contributed by atoms with Crippen molar-refractivity contribution in [1.29, 1.82) is 0 Å². The highest BCUT2D eigenvalue weighted by molar-refractivity contribution is 5.76. The van der Waals surface area contributed by atoms with Crippen LogP contribution >= 0.6 is 0 Å². The smallest absolute Gasteiger partial charge is 0.222 e. The molecule has 1 rings (SSSR count). The van der Waals surface area contributed by atoms with Crippen LogP contribution in [0, 0.1) is 5.92 Å². The molecule has 0 aromatic rings. The van der Waals surface area contributed by atoms with Crippen molar-refractivity contribution in [3.05, 3.63) is 0 Å². The molecule has 1 aliphatic heterocycles. The molecule has 3 heteroatoms. The fraction of sp³-hybridized carbons (Fsp3) is 0.917. The topological polar surface area (TPSA) is 23.6 Å². The lowest BCUT2D eigenvalue weighted by atomic mass is 9.94. The molecule has 1 aliphatic rings. The zero-order valence-corrected chi connectivity index (χ0v) is 10.3. The van der Waals surface area contributed by atoms with Crippen LogP contribution in [0.4, 0.5) is 0 Å². The summed E-state index contributed by atoms with van der Waals surface area (Å²) in [6.07, 6.45) is 3.20. The lowest BCUT2D eigenvalue weighted by Crippen LogP contribution is -2.37. The van der Waals surface area contributed by atoms with Gasteiger partial charge in [0.15, 0.2) is 0 Å². The summed E-state index contributed by atoms with van der Waals surface area (Å²) in [6, 6.07) is 0. The van der Waals surface area contributed by atoms with Gasteiger partial charge in [0.1, 0.15) is 0 Å². The van der Waals surface area contributed by atoms with Crippen LogP contribution < -0.4 is 0 Å². The molecule has 1 fully saturated rings. The average molecular weight is 212 g/mol. The van der Waals surface area contributed by atoms with E-state index in [0.29, 0.717) is 11.8 Å². The molecule has 1 saturated heterocycles. The number of likely N-dealkylation sites (tertiary alicyclic amines) is 1. The van der Waals surface area contributed by atoms with Gasteiger partial charge in [-0.3, -0.25) is 4.79 Å². The molecule has 0 aliphatic carbocycles. The third-order valence-corrected chi connectivity index (χ3v) is 3.30. The summed E-state index contributed by atoms with van der Waals surface area (Å²) in [4.78, 5) is 16.2. The Hall–Kier alpha value is -0.570. The van der Waals surface area contributed by atoms with Crippen LogP contribution in [0.5, 0.6) is 0 Å². The number of hydrogen-bond acceptors (Lipinski definition) is 2.